The molecule has 0 aromatic rings. The van der Waals surface area contributed by atoms with E-state index in [4.69, 9.17) is 5.73 Å². The van der Waals surface area contributed by atoms with Gasteiger partial charge in [0.05, 0.1) is 13.3 Å². The summed E-state index contributed by atoms with van der Waals surface area (Å²) >= 11 is 0. The highest BCUT2D eigenvalue weighted by Gasteiger charge is 2.08. The SMILES string of the molecule is C[CH+]CC(N)C(C)C. The fourth-order valence-electron chi connectivity index (χ4n) is 0.544. The minimum atomic E-state index is 0.361. The van der Waals surface area contributed by atoms with Gasteiger partial charge in [0.2, 0.25) is 0 Å². The first-order valence-electron chi connectivity index (χ1n) is 3.22. The summed E-state index contributed by atoms with van der Waals surface area (Å²) < 4.78 is 0. The van der Waals surface area contributed by atoms with Gasteiger partial charge in [0.15, 0.2) is 0 Å². The van der Waals surface area contributed by atoms with Crippen LogP contribution in [-0.4, -0.2) is 6.04 Å². The lowest BCUT2D eigenvalue weighted by Crippen LogP contribution is -2.25. The molecule has 0 amide bonds. The molecule has 0 rings (SSSR count). The Morgan fingerprint density at radius 2 is 2.00 bits per heavy atom. The first-order chi connectivity index (χ1) is 3.68. The van der Waals surface area contributed by atoms with Crippen molar-refractivity contribution in [1.82, 2.24) is 0 Å². The van der Waals surface area contributed by atoms with Crippen molar-refractivity contribution in [2.45, 2.75) is 33.2 Å². The van der Waals surface area contributed by atoms with Crippen molar-refractivity contribution in [3.05, 3.63) is 6.42 Å². The highest BCUT2D eigenvalue weighted by molar-refractivity contribution is 4.71. The molecule has 1 atom stereocenters. The fraction of sp³-hybridized carbons (Fsp3) is 0.857. The maximum absolute atomic E-state index is 5.70. The minimum Gasteiger partial charge on any atom is -0.324 e. The van der Waals surface area contributed by atoms with Gasteiger partial charge < -0.3 is 5.73 Å². The van der Waals surface area contributed by atoms with Crippen molar-refractivity contribution in [3.63, 3.8) is 0 Å². The molecule has 0 aliphatic carbocycles. The van der Waals surface area contributed by atoms with Gasteiger partial charge in [0.25, 0.3) is 0 Å². The summed E-state index contributed by atoms with van der Waals surface area (Å²) in [6.45, 7) is 6.34. The van der Waals surface area contributed by atoms with E-state index < -0.39 is 0 Å². The third-order valence-corrected chi connectivity index (χ3v) is 1.36. The van der Waals surface area contributed by atoms with Gasteiger partial charge in [-0.2, -0.15) is 0 Å². The molecular weight excluding hydrogens is 98.1 g/mol. The van der Waals surface area contributed by atoms with E-state index in [9.17, 15) is 0 Å². The lowest BCUT2D eigenvalue weighted by atomic mass is 10.0. The van der Waals surface area contributed by atoms with Crippen LogP contribution in [0.4, 0.5) is 0 Å². The average molecular weight is 114 g/mol. The highest BCUT2D eigenvalue weighted by Crippen LogP contribution is 2.03. The Kier molecular flexibility index (Phi) is 3.71. The van der Waals surface area contributed by atoms with E-state index in [0.717, 1.165) is 6.42 Å². The van der Waals surface area contributed by atoms with Crippen molar-refractivity contribution >= 4 is 0 Å². The predicted molar refractivity (Wildman–Crippen MR) is 37.4 cm³/mol. The van der Waals surface area contributed by atoms with Gasteiger partial charge in [0.1, 0.15) is 6.42 Å². The number of rotatable bonds is 3. The lowest BCUT2D eigenvalue weighted by Gasteiger charge is -2.08. The maximum atomic E-state index is 5.70. The van der Waals surface area contributed by atoms with Crippen LogP contribution in [0, 0.1) is 12.3 Å². The summed E-state index contributed by atoms with van der Waals surface area (Å²) in [5.74, 6) is 0.617. The van der Waals surface area contributed by atoms with Crippen molar-refractivity contribution in [3.8, 4) is 0 Å². The fourth-order valence-corrected chi connectivity index (χ4v) is 0.544. The predicted octanol–water partition coefficient (Wildman–Crippen LogP) is 1.58. The molecule has 0 aromatic carbocycles. The molecule has 1 nitrogen and oxygen atoms in total. The largest absolute Gasteiger partial charge is 0.324 e. The topological polar surface area (TPSA) is 26.0 Å². The molecule has 0 aromatic heterocycles. The van der Waals surface area contributed by atoms with E-state index in [1.54, 1.807) is 0 Å². The van der Waals surface area contributed by atoms with Gasteiger partial charge in [-0.05, 0) is 5.92 Å². The van der Waals surface area contributed by atoms with E-state index in [0.29, 0.717) is 12.0 Å². The van der Waals surface area contributed by atoms with Crippen LogP contribution in [0.2, 0.25) is 0 Å². The first-order valence-corrected chi connectivity index (χ1v) is 3.22. The van der Waals surface area contributed by atoms with Crippen LogP contribution in [0.3, 0.4) is 0 Å². The molecule has 1 heteroatoms. The average Bonchev–Trinajstić information content (AvgIpc) is 1.67. The van der Waals surface area contributed by atoms with Gasteiger partial charge in [-0.15, -0.1) is 0 Å². The third kappa shape index (κ3) is 2.92. The Morgan fingerprint density at radius 1 is 1.50 bits per heavy atom. The zero-order chi connectivity index (χ0) is 6.57. The van der Waals surface area contributed by atoms with Crippen molar-refractivity contribution < 1.29 is 0 Å². The number of nitrogens with two attached hydrogens (primary N) is 1. The van der Waals surface area contributed by atoms with Crippen molar-refractivity contribution in [2.75, 3.05) is 0 Å². The molecule has 0 aliphatic rings. The quantitative estimate of drug-likeness (QED) is 0.554. The minimum absolute atomic E-state index is 0.361. The van der Waals surface area contributed by atoms with Gasteiger partial charge in [-0.1, -0.05) is 13.8 Å². The number of hydrogen-bond donors (Lipinski definition) is 1. The summed E-state index contributed by atoms with van der Waals surface area (Å²) in [6.07, 6.45) is 3.16. The van der Waals surface area contributed by atoms with Crippen LogP contribution < -0.4 is 5.73 Å². The van der Waals surface area contributed by atoms with Crippen LogP contribution in [0.15, 0.2) is 0 Å². The molecule has 8 heavy (non-hydrogen) atoms. The normalized spacial score (nSPS) is 14.1. The summed E-state index contributed by atoms with van der Waals surface area (Å²) in [4.78, 5) is 0. The zero-order valence-electron chi connectivity index (χ0n) is 6.02. The Labute approximate surface area is 52.3 Å². The van der Waals surface area contributed by atoms with Gasteiger partial charge in [-0.25, -0.2) is 0 Å². The molecule has 0 bridgehead atoms. The number of hydrogen-bond acceptors (Lipinski definition) is 1. The van der Waals surface area contributed by atoms with Gasteiger partial charge in [0, 0.05) is 6.04 Å². The molecule has 0 fully saturated rings. The summed E-state index contributed by atoms with van der Waals surface area (Å²) in [6, 6.07) is 0.361. The standard InChI is InChI=1S/C7H16N/c1-4-5-7(8)6(2)3/h4,6-7H,5,8H2,1-3H3/q+1. The summed E-state index contributed by atoms with van der Waals surface area (Å²) in [7, 11) is 0. The zero-order valence-corrected chi connectivity index (χ0v) is 6.02. The maximum Gasteiger partial charge on any atom is 0.103 e. The lowest BCUT2D eigenvalue weighted by molar-refractivity contribution is 0.487. The van der Waals surface area contributed by atoms with Gasteiger partial charge >= 0.3 is 0 Å². The molecule has 0 heterocycles. The molecule has 48 valence electrons. The second-order valence-corrected chi connectivity index (χ2v) is 2.55. The third-order valence-electron chi connectivity index (χ3n) is 1.36. The Bertz CT molecular complexity index is 50.3. The van der Waals surface area contributed by atoms with Crippen LogP contribution in [-0.2, 0) is 0 Å². The molecule has 2 N–H and O–H groups in total. The Balaban J connectivity index is 3.17. The Morgan fingerprint density at radius 3 is 2.12 bits per heavy atom. The van der Waals surface area contributed by atoms with Crippen LogP contribution in [0.5, 0.6) is 0 Å². The summed E-state index contributed by atoms with van der Waals surface area (Å²) in [5.41, 5.74) is 5.70. The highest BCUT2D eigenvalue weighted by atomic mass is 14.6. The van der Waals surface area contributed by atoms with E-state index >= 15 is 0 Å². The molecular formula is C7H16N+. The van der Waals surface area contributed by atoms with E-state index in [-0.39, 0.29) is 0 Å². The Hall–Kier alpha value is -0.170. The van der Waals surface area contributed by atoms with Crippen LogP contribution >= 0.6 is 0 Å². The molecule has 0 spiro atoms. The van der Waals surface area contributed by atoms with Gasteiger partial charge in [-0.3, -0.25) is 0 Å². The monoisotopic (exact) mass is 114 g/mol. The molecule has 1 unspecified atom stereocenters. The molecule has 0 saturated carbocycles. The molecule has 0 radical (unpaired) electrons. The van der Waals surface area contributed by atoms with E-state index in [1.165, 1.54) is 0 Å². The van der Waals surface area contributed by atoms with E-state index in [1.807, 2.05) is 6.92 Å². The smallest absolute Gasteiger partial charge is 0.103 e. The summed E-state index contributed by atoms with van der Waals surface area (Å²) in [5, 5.41) is 0. The van der Waals surface area contributed by atoms with Crippen LogP contribution in [0.25, 0.3) is 0 Å². The molecule has 0 aliphatic heterocycles. The molecule has 0 saturated heterocycles. The second-order valence-electron chi connectivity index (χ2n) is 2.55. The van der Waals surface area contributed by atoms with Crippen molar-refractivity contribution in [2.24, 2.45) is 11.7 Å². The second kappa shape index (κ2) is 3.79. The van der Waals surface area contributed by atoms with Crippen molar-refractivity contribution in [1.29, 1.82) is 0 Å². The van der Waals surface area contributed by atoms with Crippen LogP contribution in [0.1, 0.15) is 27.2 Å². The van der Waals surface area contributed by atoms with E-state index in [2.05, 4.69) is 20.3 Å². The first kappa shape index (κ1) is 7.83.